The molecule has 1 amide bonds. The van der Waals surface area contributed by atoms with Crippen molar-refractivity contribution in [3.8, 4) is 0 Å². The first-order chi connectivity index (χ1) is 24.1. The van der Waals surface area contributed by atoms with Crippen LogP contribution in [0.4, 0.5) is 0 Å². The number of hydrogen-bond donors (Lipinski definition) is 4. The van der Waals surface area contributed by atoms with Crippen LogP contribution < -0.4 is 5.32 Å². The molecule has 0 spiro atoms. The monoisotopic (exact) mass is 696 g/mol. The maximum Gasteiger partial charge on any atom is 0.249 e. The zero-order valence-corrected chi connectivity index (χ0v) is 33.4. The Labute approximate surface area is 307 Å². The molecule has 0 aliphatic carbocycles. The van der Waals surface area contributed by atoms with Crippen LogP contribution in [0.25, 0.3) is 0 Å². The molecule has 0 aromatic carbocycles. The number of rotatable bonds is 41. The molecule has 0 aliphatic heterocycles. The molecule has 0 bridgehead atoms. The SMILES string of the molecule is CCCCCCCCCCCCCCCCCCCCCCC(O)C(CO)NC(=O)C(O)CCCCCCCCCCCCCCCCC. The second-order valence-electron chi connectivity index (χ2n) is 15.6. The van der Waals surface area contributed by atoms with Crippen molar-refractivity contribution in [2.45, 2.75) is 270 Å². The van der Waals surface area contributed by atoms with Gasteiger partial charge in [-0.3, -0.25) is 4.79 Å². The first-order valence-electron chi connectivity index (χ1n) is 22.3. The van der Waals surface area contributed by atoms with Gasteiger partial charge in [0.1, 0.15) is 6.10 Å². The highest BCUT2D eigenvalue weighted by Gasteiger charge is 2.23. The predicted octanol–water partition coefficient (Wildman–Crippen LogP) is 12.7. The third-order valence-corrected chi connectivity index (χ3v) is 10.7. The van der Waals surface area contributed by atoms with E-state index in [4.69, 9.17) is 0 Å². The van der Waals surface area contributed by atoms with Gasteiger partial charge in [0.05, 0.1) is 18.8 Å². The van der Waals surface area contributed by atoms with E-state index in [1.165, 1.54) is 193 Å². The van der Waals surface area contributed by atoms with Crippen molar-refractivity contribution in [1.29, 1.82) is 0 Å². The third-order valence-electron chi connectivity index (χ3n) is 10.7. The summed E-state index contributed by atoms with van der Waals surface area (Å²) in [5.41, 5.74) is 0. The predicted molar refractivity (Wildman–Crippen MR) is 213 cm³/mol. The molecule has 3 atom stereocenters. The smallest absolute Gasteiger partial charge is 0.249 e. The first kappa shape index (κ1) is 48.3. The van der Waals surface area contributed by atoms with Gasteiger partial charge in [0, 0.05) is 0 Å². The van der Waals surface area contributed by atoms with Crippen LogP contribution in [0, 0.1) is 0 Å². The van der Waals surface area contributed by atoms with Gasteiger partial charge in [0.25, 0.3) is 0 Å². The fourth-order valence-corrected chi connectivity index (χ4v) is 7.19. The minimum atomic E-state index is -1.07. The maximum absolute atomic E-state index is 12.5. The standard InChI is InChI=1S/C44H89NO4/c1-3-5-7-9-11-13-15-17-19-20-21-22-23-25-26-28-30-32-34-36-38-42(47)41(40-46)45-44(49)43(48)39-37-35-33-31-29-27-24-18-16-14-12-10-8-6-4-2/h41-43,46-48H,3-40H2,1-2H3,(H,45,49). The van der Waals surface area contributed by atoms with Gasteiger partial charge in [-0.15, -0.1) is 0 Å². The maximum atomic E-state index is 12.5. The molecular weight excluding hydrogens is 606 g/mol. The Kier molecular flexibility index (Phi) is 39.6. The number of aliphatic hydroxyl groups is 3. The fraction of sp³-hybridized carbons (Fsp3) is 0.977. The molecule has 3 unspecified atom stereocenters. The van der Waals surface area contributed by atoms with Gasteiger partial charge in [0.2, 0.25) is 5.91 Å². The summed E-state index contributed by atoms with van der Waals surface area (Å²) in [7, 11) is 0. The Hall–Kier alpha value is -0.650. The highest BCUT2D eigenvalue weighted by atomic mass is 16.3. The van der Waals surface area contributed by atoms with Crippen LogP contribution in [-0.2, 0) is 4.79 Å². The van der Waals surface area contributed by atoms with Gasteiger partial charge >= 0.3 is 0 Å². The van der Waals surface area contributed by atoms with Crippen molar-refractivity contribution in [1.82, 2.24) is 5.32 Å². The molecule has 5 nitrogen and oxygen atoms in total. The van der Waals surface area contributed by atoms with Crippen molar-refractivity contribution in [2.24, 2.45) is 0 Å². The molecule has 0 rings (SSSR count). The molecule has 294 valence electrons. The number of nitrogens with one attached hydrogen (secondary N) is 1. The molecular formula is C44H89NO4. The normalized spacial score (nSPS) is 13.5. The van der Waals surface area contributed by atoms with Crippen LogP contribution >= 0.6 is 0 Å². The molecule has 0 radical (unpaired) electrons. The third kappa shape index (κ3) is 35.5. The summed E-state index contributed by atoms with van der Waals surface area (Å²) in [6.45, 7) is 4.25. The van der Waals surface area contributed by atoms with E-state index in [0.29, 0.717) is 12.8 Å². The van der Waals surface area contributed by atoms with E-state index < -0.39 is 24.2 Å². The van der Waals surface area contributed by atoms with E-state index in [1.54, 1.807) is 0 Å². The van der Waals surface area contributed by atoms with Crippen molar-refractivity contribution in [2.75, 3.05) is 6.61 Å². The molecule has 0 aliphatic rings. The van der Waals surface area contributed by atoms with Gasteiger partial charge in [-0.2, -0.15) is 0 Å². The number of unbranched alkanes of at least 4 members (excludes halogenated alkanes) is 33. The van der Waals surface area contributed by atoms with E-state index in [0.717, 1.165) is 32.1 Å². The zero-order valence-electron chi connectivity index (χ0n) is 33.4. The van der Waals surface area contributed by atoms with Crippen molar-refractivity contribution < 1.29 is 20.1 Å². The Bertz CT molecular complexity index is 644. The highest BCUT2D eigenvalue weighted by molar-refractivity contribution is 5.80. The lowest BCUT2D eigenvalue weighted by molar-refractivity contribution is -0.131. The summed E-state index contributed by atoms with van der Waals surface area (Å²) < 4.78 is 0. The van der Waals surface area contributed by atoms with E-state index in [-0.39, 0.29) is 6.61 Å². The van der Waals surface area contributed by atoms with E-state index >= 15 is 0 Å². The number of aliphatic hydroxyl groups excluding tert-OH is 3. The Morgan fingerprint density at radius 1 is 0.408 bits per heavy atom. The summed E-state index contributed by atoms with van der Waals surface area (Å²) in [5.74, 6) is -0.466. The molecule has 49 heavy (non-hydrogen) atoms. The first-order valence-corrected chi connectivity index (χ1v) is 22.3. The molecule has 0 aromatic heterocycles. The van der Waals surface area contributed by atoms with Crippen LogP contribution in [0.5, 0.6) is 0 Å². The Morgan fingerprint density at radius 3 is 0.918 bits per heavy atom. The Balaban J connectivity index is 3.57. The largest absolute Gasteiger partial charge is 0.394 e. The molecule has 0 saturated heterocycles. The number of carbonyl (C=O) groups excluding carboxylic acids is 1. The van der Waals surface area contributed by atoms with Crippen molar-refractivity contribution in [3.63, 3.8) is 0 Å². The molecule has 0 heterocycles. The lowest BCUT2D eigenvalue weighted by Gasteiger charge is -2.23. The van der Waals surface area contributed by atoms with E-state index in [9.17, 15) is 20.1 Å². The molecule has 5 heteroatoms. The van der Waals surface area contributed by atoms with Crippen LogP contribution in [0.1, 0.15) is 251 Å². The van der Waals surface area contributed by atoms with Crippen LogP contribution in [0.3, 0.4) is 0 Å². The lowest BCUT2D eigenvalue weighted by Crippen LogP contribution is -2.49. The summed E-state index contributed by atoms with van der Waals surface area (Å²) >= 11 is 0. The van der Waals surface area contributed by atoms with Gasteiger partial charge in [0.15, 0.2) is 0 Å². The minimum absolute atomic E-state index is 0.308. The molecule has 0 fully saturated rings. The zero-order chi connectivity index (χ0) is 35.9. The average Bonchev–Trinajstić information content (AvgIpc) is 3.11. The van der Waals surface area contributed by atoms with Crippen molar-refractivity contribution >= 4 is 5.91 Å². The quantitative estimate of drug-likeness (QED) is 0.0479. The van der Waals surface area contributed by atoms with Crippen LogP contribution in [0.2, 0.25) is 0 Å². The second-order valence-corrected chi connectivity index (χ2v) is 15.6. The van der Waals surface area contributed by atoms with Crippen LogP contribution in [-0.4, -0.2) is 46.1 Å². The molecule has 4 N–H and O–H groups in total. The molecule has 0 aromatic rings. The fourth-order valence-electron chi connectivity index (χ4n) is 7.19. The topological polar surface area (TPSA) is 89.8 Å². The van der Waals surface area contributed by atoms with Gasteiger partial charge in [-0.1, -0.05) is 239 Å². The lowest BCUT2D eigenvalue weighted by atomic mass is 10.0. The number of carbonyl (C=O) groups is 1. The Morgan fingerprint density at radius 2 is 0.653 bits per heavy atom. The average molecular weight is 696 g/mol. The van der Waals surface area contributed by atoms with Gasteiger partial charge in [-0.25, -0.2) is 0 Å². The summed E-state index contributed by atoms with van der Waals surface area (Å²) in [6, 6.07) is -0.705. The highest BCUT2D eigenvalue weighted by Crippen LogP contribution is 2.17. The molecule has 0 saturated carbocycles. The van der Waals surface area contributed by atoms with E-state index in [1.807, 2.05) is 0 Å². The summed E-state index contributed by atoms with van der Waals surface area (Å²) in [5, 5.41) is 33.3. The number of amides is 1. The van der Waals surface area contributed by atoms with Crippen LogP contribution in [0.15, 0.2) is 0 Å². The van der Waals surface area contributed by atoms with Crippen molar-refractivity contribution in [3.05, 3.63) is 0 Å². The number of hydrogen-bond acceptors (Lipinski definition) is 4. The van der Waals surface area contributed by atoms with Gasteiger partial charge in [-0.05, 0) is 12.8 Å². The summed E-state index contributed by atoms with van der Waals surface area (Å²) in [4.78, 5) is 12.5. The minimum Gasteiger partial charge on any atom is -0.394 e. The summed E-state index contributed by atoms with van der Waals surface area (Å²) in [6.07, 6.45) is 45.3. The second kappa shape index (κ2) is 40.1. The van der Waals surface area contributed by atoms with E-state index in [2.05, 4.69) is 19.2 Å². The van der Waals surface area contributed by atoms with Gasteiger partial charge < -0.3 is 20.6 Å².